The Labute approximate surface area is 115 Å². The summed E-state index contributed by atoms with van der Waals surface area (Å²) in [4.78, 5) is 23.7. The lowest BCUT2D eigenvalue weighted by atomic mass is 9.91. The van der Waals surface area contributed by atoms with E-state index in [4.69, 9.17) is 4.74 Å². The summed E-state index contributed by atoms with van der Waals surface area (Å²) >= 11 is 0. The number of hydrazine groups is 1. The highest BCUT2D eigenvalue weighted by molar-refractivity contribution is 6.07. The quantitative estimate of drug-likeness (QED) is 0.633. The van der Waals surface area contributed by atoms with Gasteiger partial charge in [0.15, 0.2) is 11.5 Å². The highest BCUT2D eigenvalue weighted by Crippen LogP contribution is 2.38. The second-order valence-corrected chi connectivity index (χ2v) is 4.97. The van der Waals surface area contributed by atoms with Crippen molar-refractivity contribution in [1.82, 2.24) is 15.8 Å². The summed E-state index contributed by atoms with van der Waals surface area (Å²) in [5.74, 6) is -0.690. The van der Waals surface area contributed by atoms with Gasteiger partial charge in [-0.3, -0.25) is 14.9 Å². The lowest BCUT2D eigenvalue weighted by molar-refractivity contribution is -0.127. The predicted molar refractivity (Wildman–Crippen MR) is 68.7 cm³/mol. The number of amides is 2. The van der Waals surface area contributed by atoms with Gasteiger partial charge in [0, 0.05) is 7.05 Å². The van der Waals surface area contributed by atoms with E-state index in [0.717, 1.165) is 5.56 Å². The van der Waals surface area contributed by atoms with Crippen molar-refractivity contribution in [1.29, 1.82) is 0 Å². The van der Waals surface area contributed by atoms with Gasteiger partial charge in [-0.05, 0) is 17.7 Å². The van der Waals surface area contributed by atoms with Crippen LogP contribution >= 0.6 is 0 Å². The number of likely N-dealkylation sites (N-methyl/N-ethyl adjacent to an activating group) is 1. The van der Waals surface area contributed by atoms with E-state index in [1.54, 1.807) is 24.2 Å². The van der Waals surface area contributed by atoms with Crippen LogP contribution < -0.4 is 15.5 Å². The zero-order chi connectivity index (χ0) is 14.4. The first-order chi connectivity index (χ1) is 9.52. The zero-order valence-electron chi connectivity index (χ0n) is 11.1. The molecule has 2 fully saturated rings. The Morgan fingerprint density at radius 3 is 2.75 bits per heavy atom. The van der Waals surface area contributed by atoms with Crippen LogP contribution in [0.5, 0.6) is 11.5 Å². The fraction of sp³-hybridized carbons (Fsp3) is 0.385. The van der Waals surface area contributed by atoms with Crippen LogP contribution in [0.15, 0.2) is 18.2 Å². The molecule has 2 heterocycles. The van der Waals surface area contributed by atoms with E-state index >= 15 is 0 Å². The van der Waals surface area contributed by atoms with Crippen molar-refractivity contribution in [2.45, 2.75) is 12.1 Å². The number of carbonyl (C=O) groups is 2. The summed E-state index contributed by atoms with van der Waals surface area (Å²) in [5, 5.41) is 13.6. The van der Waals surface area contributed by atoms with Crippen molar-refractivity contribution in [2.75, 3.05) is 14.2 Å². The van der Waals surface area contributed by atoms with Crippen molar-refractivity contribution in [3.05, 3.63) is 23.8 Å². The molecule has 2 aliphatic rings. The highest BCUT2D eigenvalue weighted by Gasteiger charge is 2.53. The van der Waals surface area contributed by atoms with E-state index in [1.807, 2.05) is 0 Å². The number of hydrogen-bond donors (Lipinski definition) is 3. The molecule has 3 rings (SSSR count). The molecule has 106 valence electrons. The van der Waals surface area contributed by atoms with E-state index in [2.05, 4.69) is 10.7 Å². The molecule has 1 aromatic rings. The molecule has 7 heteroatoms. The SMILES string of the molecule is COc1cc(C2NN(C)C3C(=O)NC(=O)C23)ccc1O. The van der Waals surface area contributed by atoms with Crippen LogP contribution in [-0.2, 0) is 9.59 Å². The van der Waals surface area contributed by atoms with Gasteiger partial charge in [0.25, 0.3) is 0 Å². The highest BCUT2D eigenvalue weighted by atomic mass is 16.5. The molecule has 0 saturated carbocycles. The zero-order valence-corrected chi connectivity index (χ0v) is 11.1. The van der Waals surface area contributed by atoms with Crippen molar-refractivity contribution >= 4 is 11.8 Å². The van der Waals surface area contributed by atoms with Crippen LogP contribution in [0.2, 0.25) is 0 Å². The number of benzene rings is 1. The van der Waals surface area contributed by atoms with Gasteiger partial charge in [0.05, 0.1) is 19.1 Å². The van der Waals surface area contributed by atoms with Crippen LogP contribution in [0, 0.1) is 5.92 Å². The Hall–Kier alpha value is -2.12. The van der Waals surface area contributed by atoms with E-state index in [9.17, 15) is 14.7 Å². The van der Waals surface area contributed by atoms with E-state index in [-0.39, 0.29) is 23.6 Å². The normalized spacial score (nSPS) is 29.4. The van der Waals surface area contributed by atoms with Crippen molar-refractivity contribution < 1.29 is 19.4 Å². The lowest BCUT2D eigenvalue weighted by Gasteiger charge is -2.18. The number of nitrogens with zero attached hydrogens (tertiary/aromatic N) is 1. The van der Waals surface area contributed by atoms with Gasteiger partial charge in [0.2, 0.25) is 11.8 Å². The van der Waals surface area contributed by atoms with Crippen LogP contribution in [-0.4, -0.2) is 42.1 Å². The number of imide groups is 1. The number of methoxy groups -OCH3 is 1. The average molecular weight is 277 g/mol. The molecule has 0 spiro atoms. The maximum absolute atomic E-state index is 11.9. The maximum Gasteiger partial charge on any atom is 0.246 e. The summed E-state index contributed by atoms with van der Waals surface area (Å²) in [6.45, 7) is 0. The maximum atomic E-state index is 11.9. The number of rotatable bonds is 2. The average Bonchev–Trinajstić information content (AvgIpc) is 2.90. The Kier molecular flexibility index (Phi) is 2.88. The number of phenols is 1. The fourth-order valence-electron chi connectivity index (χ4n) is 2.89. The third-order valence-corrected chi connectivity index (χ3v) is 3.84. The molecule has 0 radical (unpaired) electrons. The Bertz CT molecular complexity index is 589. The Morgan fingerprint density at radius 2 is 2.05 bits per heavy atom. The number of hydrogen-bond acceptors (Lipinski definition) is 6. The molecule has 2 amide bonds. The topological polar surface area (TPSA) is 90.9 Å². The first-order valence-corrected chi connectivity index (χ1v) is 6.23. The van der Waals surface area contributed by atoms with E-state index in [1.165, 1.54) is 13.2 Å². The van der Waals surface area contributed by atoms with Gasteiger partial charge in [-0.25, -0.2) is 10.4 Å². The first-order valence-electron chi connectivity index (χ1n) is 6.23. The molecule has 0 aromatic heterocycles. The second-order valence-electron chi connectivity index (χ2n) is 4.97. The molecule has 3 unspecified atom stereocenters. The molecule has 0 aliphatic carbocycles. The van der Waals surface area contributed by atoms with Gasteiger partial charge in [0.1, 0.15) is 6.04 Å². The van der Waals surface area contributed by atoms with Crippen molar-refractivity contribution in [3.63, 3.8) is 0 Å². The number of phenolic OH excluding ortho intramolecular Hbond substituents is 1. The van der Waals surface area contributed by atoms with Crippen LogP contribution in [0.1, 0.15) is 11.6 Å². The predicted octanol–water partition coefficient (Wildman–Crippen LogP) is -0.467. The molecule has 20 heavy (non-hydrogen) atoms. The first kappa shape index (κ1) is 12.9. The summed E-state index contributed by atoms with van der Waals surface area (Å²) in [5.41, 5.74) is 3.90. The Morgan fingerprint density at radius 1 is 1.30 bits per heavy atom. The molecule has 0 bridgehead atoms. The molecule has 3 N–H and O–H groups in total. The summed E-state index contributed by atoms with van der Waals surface area (Å²) in [7, 11) is 3.19. The number of carbonyl (C=O) groups excluding carboxylic acids is 2. The number of ether oxygens (including phenoxy) is 1. The van der Waals surface area contributed by atoms with Gasteiger partial charge >= 0.3 is 0 Å². The largest absolute Gasteiger partial charge is 0.504 e. The van der Waals surface area contributed by atoms with Crippen LogP contribution in [0.4, 0.5) is 0 Å². The summed E-state index contributed by atoms with van der Waals surface area (Å²) in [6.07, 6.45) is 0. The van der Waals surface area contributed by atoms with Crippen molar-refractivity contribution in [2.24, 2.45) is 5.92 Å². The fourth-order valence-corrected chi connectivity index (χ4v) is 2.89. The molecule has 7 nitrogen and oxygen atoms in total. The van der Waals surface area contributed by atoms with Gasteiger partial charge < -0.3 is 9.84 Å². The minimum Gasteiger partial charge on any atom is -0.504 e. The standard InChI is InChI=1S/C13H15N3O4/c1-16-11-9(12(18)14-13(11)19)10(15-16)6-3-4-7(17)8(5-6)20-2/h3-5,9-11,15,17H,1-2H3,(H,14,18,19). The minimum absolute atomic E-state index is 0.0334. The van der Waals surface area contributed by atoms with Gasteiger partial charge in [-0.15, -0.1) is 0 Å². The minimum atomic E-state index is -0.507. The van der Waals surface area contributed by atoms with Crippen molar-refractivity contribution in [3.8, 4) is 11.5 Å². The smallest absolute Gasteiger partial charge is 0.246 e. The third-order valence-electron chi connectivity index (χ3n) is 3.84. The third kappa shape index (κ3) is 1.75. The number of aromatic hydroxyl groups is 1. The van der Waals surface area contributed by atoms with E-state index in [0.29, 0.717) is 5.75 Å². The molecular formula is C13H15N3O4. The monoisotopic (exact) mass is 277 g/mol. The molecule has 2 aliphatic heterocycles. The van der Waals surface area contributed by atoms with Crippen LogP contribution in [0.25, 0.3) is 0 Å². The molecule has 2 saturated heterocycles. The van der Waals surface area contributed by atoms with Gasteiger partial charge in [-0.2, -0.15) is 0 Å². The lowest BCUT2D eigenvalue weighted by Crippen LogP contribution is -2.41. The number of fused-ring (bicyclic) bond motifs is 1. The summed E-state index contributed by atoms with van der Waals surface area (Å²) < 4.78 is 5.07. The van der Waals surface area contributed by atoms with E-state index < -0.39 is 12.0 Å². The Balaban J connectivity index is 1.99. The molecular weight excluding hydrogens is 262 g/mol. The van der Waals surface area contributed by atoms with Gasteiger partial charge in [-0.1, -0.05) is 6.07 Å². The molecule has 1 aromatic carbocycles. The summed E-state index contributed by atoms with van der Waals surface area (Å²) in [6, 6.07) is 4.05. The second kappa shape index (κ2) is 4.46. The van der Waals surface area contributed by atoms with Crippen LogP contribution in [0.3, 0.4) is 0 Å². The number of nitrogens with one attached hydrogen (secondary N) is 2. The molecule has 3 atom stereocenters.